The van der Waals surface area contributed by atoms with Gasteiger partial charge in [-0.05, 0) is 30.9 Å². The number of sulfonamides is 1. The van der Waals surface area contributed by atoms with E-state index in [2.05, 4.69) is 0 Å². The summed E-state index contributed by atoms with van der Waals surface area (Å²) in [5.41, 5.74) is 0.173. The zero-order valence-electron chi connectivity index (χ0n) is 10.5. The van der Waals surface area contributed by atoms with Crippen LogP contribution in [-0.4, -0.2) is 37.5 Å². The van der Waals surface area contributed by atoms with E-state index in [4.69, 9.17) is 10.4 Å². The van der Waals surface area contributed by atoms with Crippen LogP contribution in [0.4, 0.5) is 0 Å². The Balaban J connectivity index is 2.27. The average Bonchev–Trinajstić information content (AvgIpc) is 2.47. The maximum Gasteiger partial charge on any atom is 0.244 e. The van der Waals surface area contributed by atoms with Gasteiger partial charge in [0, 0.05) is 19.7 Å². The maximum atomic E-state index is 12.5. The summed E-state index contributed by atoms with van der Waals surface area (Å²) in [6, 6.07) is 8.15. The van der Waals surface area contributed by atoms with Gasteiger partial charge in [0.2, 0.25) is 10.0 Å². The minimum atomic E-state index is -3.61. The fourth-order valence-corrected chi connectivity index (χ4v) is 3.87. The Bertz CT molecular complexity index is 584. The second-order valence-corrected chi connectivity index (χ2v) is 6.54. The molecule has 1 aromatic rings. The molecule has 1 aliphatic heterocycles. The van der Waals surface area contributed by atoms with E-state index in [0.717, 1.165) is 0 Å². The fourth-order valence-electron chi connectivity index (χ4n) is 2.26. The number of hydrogen-bond donors (Lipinski definition) is 1. The van der Waals surface area contributed by atoms with Gasteiger partial charge in [-0.15, -0.1) is 0 Å². The molecular weight excluding hydrogens is 264 g/mol. The van der Waals surface area contributed by atoms with Crippen LogP contribution in [-0.2, 0) is 10.0 Å². The molecule has 0 unspecified atom stereocenters. The van der Waals surface area contributed by atoms with Crippen molar-refractivity contribution in [3.63, 3.8) is 0 Å². The lowest BCUT2D eigenvalue weighted by Gasteiger charge is -2.30. The summed E-state index contributed by atoms with van der Waals surface area (Å²) in [6.45, 7) is 0.892. The molecule has 0 atom stereocenters. The highest BCUT2D eigenvalue weighted by Gasteiger charge is 2.30. The van der Waals surface area contributed by atoms with Crippen molar-refractivity contribution in [1.29, 1.82) is 5.26 Å². The SMILES string of the molecule is N#Cc1ccccc1S(=O)(=O)N1CCC(CO)CC1. The summed E-state index contributed by atoms with van der Waals surface area (Å²) in [5.74, 6) is 0.178. The van der Waals surface area contributed by atoms with E-state index in [1.165, 1.54) is 16.4 Å². The molecule has 1 aromatic carbocycles. The molecule has 0 bridgehead atoms. The summed E-state index contributed by atoms with van der Waals surface area (Å²) in [4.78, 5) is 0.0694. The van der Waals surface area contributed by atoms with Crippen molar-refractivity contribution in [2.75, 3.05) is 19.7 Å². The number of hydrogen-bond acceptors (Lipinski definition) is 4. The first-order valence-corrected chi connectivity index (χ1v) is 7.63. The molecule has 1 heterocycles. The molecule has 0 aromatic heterocycles. The van der Waals surface area contributed by atoms with E-state index < -0.39 is 10.0 Å². The fraction of sp³-hybridized carbons (Fsp3) is 0.462. The first-order valence-electron chi connectivity index (χ1n) is 6.19. The van der Waals surface area contributed by atoms with Crippen LogP contribution in [0.3, 0.4) is 0 Å². The molecule has 5 nitrogen and oxygen atoms in total. The number of aliphatic hydroxyl groups excluding tert-OH is 1. The number of benzene rings is 1. The van der Waals surface area contributed by atoms with Crippen LogP contribution >= 0.6 is 0 Å². The Morgan fingerprint density at radius 2 is 1.95 bits per heavy atom. The molecule has 0 spiro atoms. The largest absolute Gasteiger partial charge is 0.396 e. The Morgan fingerprint density at radius 3 is 2.53 bits per heavy atom. The van der Waals surface area contributed by atoms with Crippen molar-refractivity contribution in [3.05, 3.63) is 29.8 Å². The minimum Gasteiger partial charge on any atom is -0.396 e. The first-order chi connectivity index (χ1) is 9.09. The van der Waals surface area contributed by atoms with Crippen LogP contribution in [0.5, 0.6) is 0 Å². The van der Waals surface area contributed by atoms with Gasteiger partial charge in [-0.2, -0.15) is 9.57 Å². The third-order valence-electron chi connectivity index (χ3n) is 3.46. The predicted molar refractivity (Wildman–Crippen MR) is 69.7 cm³/mol. The summed E-state index contributed by atoms with van der Waals surface area (Å²) in [5, 5.41) is 18.1. The molecule has 19 heavy (non-hydrogen) atoms. The molecule has 1 saturated heterocycles. The Morgan fingerprint density at radius 1 is 1.32 bits per heavy atom. The van der Waals surface area contributed by atoms with Gasteiger partial charge in [0.05, 0.1) is 10.5 Å². The Kier molecular flexibility index (Phi) is 4.20. The summed E-state index contributed by atoms with van der Waals surface area (Å²) >= 11 is 0. The molecule has 0 aliphatic carbocycles. The van der Waals surface area contributed by atoms with Crippen molar-refractivity contribution in [2.24, 2.45) is 5.92 Å². The molecule has 0 radical (unpaired) electrons. The van der Waals surface area contributed by atoms with Crippen LogP contribution < -0.4 is 0 Å². The van der Waals surface area contributed by atoms with Crippen molar-refractivity contribution >= 4 is 10.0 Å². The van der Waals surface area contributed by atoms with Gasteiger partial charge in [-0.1, -0.05) is 12.1 Å². The molecule has 2 rings (SSSR count). The molecule has 1 aliphatic rings. The van der Waals surface area contributed by atoms with Crippen molar-refractivity contribution in [2.45, 2.75) is 17.7 Å². The van der Waals surface area contributed by atoms with E-state index in [9.17, 15) is 8.42 Å². The van der Waals surface area contributed by atoms with Crippen LogP contribution in [0.25, 0.3) is 0 Å². The number of piperidine rings is 1. The molecule has 0 saturated carbocycles. The lowest BCUT2D eigenvalue weighted by atomic mass is 10.00. The molecular formula is C13H16N2O3S. The number of nitrogens with zero attached hydrogens (tertiary/aromatic N) is 2. The number of aliphatic hydroxyl groups is 1. The van der Waals surface area contributed by atoms with Crippen LogP contribution in [0, 0.1) is 17.2 Å². The molecule has 1 fully saturated rings. The topological polar surface area (TPSA) is 81.4 Å². The normalized spacial score (nSPS) is 18.1. The highest BCUT2D eigenvalue weighted by atomic mass is 32.2. The van der Waals surface area contributed by atoms with E-state index in [0.29, 0.717) is 25.9 Å². The van der Waals surface area contributed by atoms with Crippen LogP contribution in [0.1, 0.15) is 18.4 Å². The van der Waals surface area contributed by atoms with Crippen molar-refractivity contribution < 1.29 is 13.5 Å². The Labute approximate surface area is 113 Å². The smallest absolute Gasteiger partial charge is 0.244 e. The molecule has 6 heteroatoms. The van der Waals surface area contributed by atoms with Gasteiger partial charge in [0.15, 0.2) is 0 Å². The van der Waals surface area contributed by atoms with E-state index in [1.54, 1.807) is 12.1 Å². The maximum absolute atomic E-state index is 12.5. The summed E-state index contributed by atoms with van der Waals surface area (Å²) in [7, 11) is -3.61. The van der Waals surface area contributed by atoms with Gasteiger partial charge in [-0.3, -0.25) is 0 Å². The quantitative estimate of drug-likeness (QED) is 0.893. The summed E-state index contributed by atoms with van der Waals surface area (Å²) in [6.07, 6.45) is 1.31. The monoisotopic (exact) mass is 280 g/mol. The zero-order chi connectivity index (χ0) is 13.9. The zero-order valence-corrected chi connectivity index (χ0v) is 11.3. The third kappa shape index (κ3) is 2.78. The van der Waals surface area contributed by atoms with Gasteiger partial charge in [0.1, 0.15) is 6.07 Å². The molecule has 102 valence electrons. The minimum absolute atomic E-state index is 0.0694. The predicted octanol–water partition coefficient (Wildman–Crippen LogP) is 0.951. The Hall–Kier alpha value is -1.42. The van der Waals surface area contributed by atoms with Crippen molar-refractivity contribution in [3.8, 4) is 6.07 Å². The van der Waals surface area contributed by atoms with E-state index in [-0.39, 0.29) is 23.0 Å². The number of rotatable bonds is 3. The van der Waals surface area contributed by atoms with Gasteiger partial charge >= 0.3 is 0 Å². The van der Waals surface area contributed by atoms with Gasteiger partial charge in [-0.25, -0.2) is 8.42 Å². The molecule has 1 N–H and O–H groups in total. The van der Waals surface area contributed by atoms with E-state index in [1.807, 2.05) is 6.07 Å². The van der Waals surface area contributed by atoms with Crippen molar-refractivity contribution in [1.82, 2.24) is 4.31 Å². The number of nitriles is 1. The second-order valence-electron chi connectivity index (χ2n) is 4.64. The highest BCUT2D eigenvalue weighted by molar-refractivity contribution is 7.89. The van der Waals surface area contributed by atoms with Gasteiger partial charge in [0.25, 0.3) is 0 Å². The standard InChI is InChI=1S/C13H16N2O3S/c14-9-12-3-1-2-4-13(12)19(17,18)15-7-5-11(10-16)6-8-15/h1-4,11,16H,5-8,10H2. The average molecular weight is 280 g/mol. The first kappa shape index (κ1) is 14.0. The highest BCUT2D eigenvalue weighted by Crippen LogP contribution is 2.25. The van der Waals surface area contributed by atoms with Crippen LogP contribution in [0.15, 0.2) is 29.2 Å². The van der Waals surface area contributed by atoms with Gasteiger partial charge < -0.3 is 5.11 Å². The summed E-state index contributed by atoms with van der Waals surface area (Å²) < 4.78 is 26.3. The van der Waals surface area contributed by atoms with Crippen LogP contribution in [0.2, 0.25) is 0 Å². The third-order valence-corrected chi connectivity index (χ3v) is 5.41. The molecule has 0 amide bonds. The lowest BCUT2D eigenvalue weighted by molar-refractivity contribution is 0.170. The second kappa shape index (κ2) is 5.70. The van der Waals surface area contributed by atoms with E-state index >= 15 is 0 Å². The lowest BCUT2D eigenvalue weighted by Crippen LogP contribution is -2.39.